The van der Waals surface area contributed by atoms with E-state index in [1.165, 1.54) is 5.56 Å². The van der Waals surface area contributed by atoms with Crippen LogP contribution in [0.25, 0.3) is 0 Å². The maximum absolute atomic E-state index is 5.93. The summed E-state index contributed by atoms with van der Waals surface area (Å²) in [6.45, 7) is 2.07. The number of benzene rings is 1. The fraction of sp³-hybridized carbons (Fsp3) is 0.357. The maximum Gasteiger partial charge on any atom is 0.233 e. The van der Waals surface area contributed by atoms with Crippen LogP contribution in [0.3, 0.4) is 0 Å². The van der Waals surface area contributed by atoms with Gasteiger partial charge in [-0.25, -0.2) is 0 Å². The molecule has 1 aromatic carbocycles. The lowest BCUT2D eigenvalue weighted by Crippen LogP contribution is -2.14. The van der Waals surface area contributed by atoms with Crippen molar-refractivity contribution >= 4 is 34.9 Å². The number of halogens is 1. The Morgan fingerprint density at radius 2 is 1.71 bits per heavy atom. The third-order valence-electron chi connectivity index (χ3n) is 2.94. The minimum atomic E-state index is 0.163. The zero-order chi connectivity index (χ0) is 15.6. The second-order valence-corrected chi connectivity index (χ2v) is 5.48. The highest BCUT2D eigenvalue weighted by Gasteiger charge is 2.08. The van der Waals surface area contributed by atoms with E-state index >= 15 is 0 Å². The molecule has 0 aliphatic carbocycles. The standard InChI is InChI=1S/C14H19ClN6/c1-9-6-7-10(8-11(9)20(2)3)16-13-17-12(15)18-14(19-13)21(4)5/h6-8H,1-5H3,(H,16,17,18,19). The molecule has 0 atom stereocenters. The van der Waals surface area contributed by atoms with Crippen LogP contribution >= 0.6 is 11.6 Å². The van der Waals surface area contributed by atoms with E-state index in [2.05, 4.69) is 32.1 Å². The summed E-state index contributed by atoms with van der Waals surface area (Å²) in [7, 11) is 7.73. The van der Waals surface area contributed by atoms with E-state index in [-0.39, 0.29) is 5.28 Å². The molecule has 2 rings (SSSR count). The third kappa shape index (κ3) is 3.72. The molecule has 0 saturated carbocycles. The fourth-order valence-electron chi connectivity index (χ4n) is 1.89. The number of aromatic nitrogens is 3. The third-order valence-corrected chi connectivity index (χ3v) is 3.11. The predicted molar refractivity (Wildman–Crippen MR) is 88.0 cm³/mol. The Kier molecular flexibility index (Phi) is 4.47. The number of anilines is 4. The second-order valence-electron chi connectivity index (χ2n) is 5.14. The first kappa shape index (κ1) is 15.3. The fourth-order valence-corrected chi connectivity index (χ4v) is 2.05. The van der Waals surface area contributed by atoms with Crippen molar-refractivity contribution in [2.75, 3.05) is 43.3 Å². The Balaban J connectivity index is 2.32. The topological polar surface area (TPSA) is 57.2 Å². The van der Waals surface area contributed by atoms with Gasteiger partial charge in [0.25, 0.3) is 0 Å². The molecule has 0 spiro atoms. The van der Waals surface area contributed by atoms with Gasteiger partial charge in [0.15, 0.2) is 0 Å². The minimum Gasteiger partial charge on any atom is -0.377 e. The van der Waals surface area contributed by atoms with Gasteiger partial charge in [0.2, 0.25) is 17.2 Å². The Morgan fingerprint density at radius 1 is 1.00 bits per heavy atom. The molecule has 0 unspecified atom stereocenters. The summed E-state index contributed by atoms with van der Waals surface area (Å²) in [5.41, 5.74) is 3.23. The first-order chi connectivity index (χ1) is 9.86. The van der Waals surface area contributed by atoms with Crippen LogP contribution in [0.1, 0.15) is 5.56 Å². The van der Waals surface area contributed by atoms with Gasteiger partial charge < -0.3 is 15.1 Å². The van der Waals surface area contributed by atoms with Crippen LogP contribution < -0.4 is 15.1 Å². The van der Waals surface area contributed by atoms with Crippen molar-refractivity contribution in [2.24, 2.45) is 0 Å². The molecule has 2 aromatic rings. The van der Waals surface area contributed by atoms with Gasteiger partial charge in [-0.3, -0.25) is 0 Å². The number of nitrogens with zero attached hydrogens (tertiary/aromatic N) is 5. The van der Waals surface area contributed by atoms with Crippen LogP contribution in [0, 0.1) is 6.92 Å². The summed E-state index contributed by atoms with van der Waals surface area (Å²) in [5, 5.41) is 3.33. The smallest absolute Gasteiger partial charge is 0.233 e. The highest BCUT2D eigenvalue weighted by atomic mass is 35.5. The van der Waals surface area contributed by atoms with Gasteiger partial charge in [-0.05, 0) is 36.2 Å². The summed E-state index contributed by atoms with van der Waals surface area (Å²) >= 11 is 5.93. The average molecular weight is 307 g/mol. The van der Waals surface area contributed by atoms with Gasteiger partial charge in [0, 0.05) is 39.6 Å². The molecule has 112 valence electrons. The lowest BCUT2D eigenvalue weighted by atomic mass is 10.1. The van der Waals surface area contributed by atoms with Crippen LogP contribution in [0.2, 0.25) is 5.28 Å². The van der Waals surface area contributed by atoms with E-state index in [4.69, 9.17) is 11.6 Å². The molecule has 1 N–H and O–H groups in total. The van der Waals surface area contributed by atoms with E-state index in [0.29, 0.717) is 11.9 Å². The van der Waals surface area contributed by atoms with Gasteiger partial charge >= 0.3 is 0 Å². The van der Waals surface area contributed by atoms with Crippen LogP contribution in [-0.2, 0) is 0 Å². The lowest BCUT2D eigenvalue weighted by Gasteiger charge is -2.17. The maximum atomic E-state index is 5.93. The molecule has 21 heavy (non-hydrogen) atoms. The van der Waals surface area contributed by atoms with E-state index in [9.17, 15) is 0 Å². The van der Waals surface area contributed by atoms with Crippen molar-refractivity contribution in [3.8, 4) is 0 Å². The van der Waals surface area contributed by atoms with Crippen LogP contribution in [0.15, 0.2) is 18.2 Å². The number of hydrogen-bond donors (Lipinski definition) is 1. The Morgan fingerprint density at radius 3 is 2.33 bits per heavy atom. The number of rotatable bonds is 4. The lowest BCUT2D eigenvalue weighted by molar-refractivity contribution is 0.961. The highest BCUT2D eigenvalue weighted by Crippen LogP contribution is 2.24. The van der Waals surface area contributed by atoms with Crippen molar-refractivity contribution in [1.82, 2.24) is 15.0 Å². The van der Waals surface area contributed by atoms with Crippen molar-refractivity contribution in [1.29, 1.82) is 0 Å². The van der Waals surface area contributed by atoms with Crippen LogP contribution in [-0.4, -0.2) is 43.1 Å². The number of nitrogens with one attached hydrogen (secondary N) is 1. The summed E-state index contributed by atoms with van der Waals surface area (Å²) < 4.78 is 0. The van der Waals surface area contributed by atoms with Crippen molar-refractivity contribution in [3.05, 3.63) is 29.0 Å². The molecular formula is C14H19ClN6. The average Bonchev–Trinajstić information content (AvgIpc) is 2.40. The summed E-state index contributed by atoms with van der Waals surface area (Å²) in [5.74, 6) is 0.935. The van der Waals surface area contributed by atoms with Gasteiger partial charge in [-0.2, -0.15) is 15.0 Å². The SMILES string of the molecule is Cc1ccc(Nc2nc(Cl)nc(N(C)C)n2)cc1N(C)C. The second kappa shape index (κ2) is 6.13. The summed E-state index contributed by atoms with van der Waals surface area (Å²) in [4.78, 5) is 16.3. The van der Waals surface area contributed by atoms with Gasteiger partial charge in [0.1, 0.15) is 0 Å². The summed E-state index contributed by atoms with van der Waals surface area (Å²) in [6, 6.07) is 6.07. The number of hydrogen-bond acceptors (Lipinski definition) is 6. The Labute approximate surface area is 129 Å². The monoisotopic (exact) mass is 306 g/mol. The van der Waals surface area contributed by atoms with Crippen molar-refractivity contribution in [3.63, 3.8) is 0 Å². The minimum absolute atomic E-state index is 0.163. The van der Waals surface area contributed by atoms with Crippen molar-refractivity contribution < 1.29 is 0 Å². The van der Waals surface area contributed by atoms with E-state index in [1.807, 2.05) is 46.4 Å². The van der Waals surface area contributed by atoms with Crippen molar-refractivity contribution in [2.45, 2.75) is 6.92 Å². The van der Waals surface area contributed by atoms with Gasteiger partial charge in [-0.1, -0.05) is 6.07 Å². The Hall–Kier alpha value is -2.08. The zero-order valence-electron chi connectivity index (χ0n) is 12.8. The van der Waals surface area contributed by atoms with Crippen LogP contribution in [0.5, 0.6) is 0 Å². The van der Waals surface area contributed by atoms with Gasteiger partial charge in [0.05, 0.1) is 0 Å². The Bertz CT molecular complexity index is 641. The molecule has 0 radical (unpaired) electrons. The highest BCUT2D eigenvalue weighted by molar-refractivity contribution is 6.28. The van der Waals surface area contributed by atoms with E-state index in [0.717, 1.165) is 11.4 Å². The zero-order valence-corrected chi connectivity index (χ0v) is 13.6. The molecule has 0 bridgehead atoms. The van der Waals surface area contributed by atoms with Gasteiger partial charge in [-0.15, -0.1) is 0 Å². The van der Waals surface area contributed by atoms with Crippen LogP contribution in [0.4, 0.5) is 23.3 Å². The quantitative estimate of drug-likeness (QED) is 0.937. The largest absolute Gasteiger partial charge is 0.377 e. The first-order valence-corrected chi connectivity index (χ1v) is 6.88. The molecule has 1 heterocycles. The molecule has 0 saturated heterocycles. The molecule has 7 heteroatoms. The normalized spacial score (nSPS) is 10.4. The molecule has 0 amide bonds. The number of aryl methyl sites for hydroxylation is 1. The molecular weight excluding hydrogens is 288 g/mol. The van der Waals surface area contributed by atoms with E-state index < -0.39 is 0 Å². The summed E-state index contributed by atoms with van der Waals surface area (Å²) in [6.07, 6.45) is 0. The molecule has 0 fully saturated rings. The molecule has 0 aliphatic heterocycles. The van der Waals surface area contributed by atoms with E-state index in [1.54, 1.807) is 4.90 Å². The first-order valence-electron chi connectivity index (χ1n) is 6.50. The molecule has 0 aliphatic rings. The molecule has 1 aromatic heterocycles. The molecule has 6 nitrogen and oxygen atoms in total. The predicted octanol–water partition coefficient (Wildman–Crippen LogP) is 2.71.